The molecule has 1 aromatic carbocycles. The summed E-state index contributed by atoms with van der Waals surface area (Å²) in [6, 6.07) is 6.25. The van der Waals surface area contributed by atoms with Crippen LogP contribution in [-0.4, -0.2) is 51.2 Å². The molecule has 25 heavy (non-hydrogen) atoms. The average Bonchev–Trinajstić information content (AvgIpc) is 3.23. The number of nitrogens with two attached hydrogens (primary N) is 1. The highest BCUT2D eigenvalue weighted by molar-refractivity contribution is 5.88. The molecule has 4 rings (SSSR count). The van der Waals surface area contributed by atoms with Crippen molar-refractivity contribution >= 4 is 16.7 Å². The van der Waals surface area contributed by atoms with Gasteiger partial charge in [-0.15, -0.1) is 0 Å². The van der Waals surface area contributed by atoms with Crippen LogP contribution in [0.25, 0.3) is 11.0 Å². The molecule has 3 heterocycles. The Kier molecular flexibility index (Phi) is 3.93. The summed E-state index contributed by atoms with van der Waals surface area (Å²) in [6.07, 6.45) is 1.75. The molecule has 0 saturated carbocycles. The summed E-state index contributed by atoms with van der Waals surface area (Å²) in [4.78, 5) is 16.7. The number of imidazole rings is 1. The number of hydrogen-bond acceptors (Lipinski definition) is 7. The molecule has 0 atom stereocenters. The molecule has 0 radical (unpaired) electrons. The number of rotatable bonds is 4. The number of aromatic nitrogens is 4. The van der Waals surface area contributed by atoms with Crippen molar-refractivity contribution < 1.29 is 4.52 Å². The van der Waals surface area contributed by atoms with Crippen LogP contribution in [0.2, 0.25) is 0 Å². The van der Waals surface area contributed by atoms with Crippen molar-refractivity contribution in [2.24, 2.45) is 5.73 Å². The number of fused-ring (bicyclic) bond motifs is 1. The van der Waals surface area contributed by atoms with Crippen LogP contribution in [0.3, 0.4) is 0 Å². The van der Waals surface area contributed by atoms with Crippen LogP contribution < -0.4 is 10.6 Å². The Hall–Kier alpha value is -2.45. The first-order valence-electron chi connectivity index (χ1n) is 8.52. The van der Waals surface area contributed by atoms with Gasteiger partial charge in [0.15, 0.2) is 5.82 Å². The predicted molar refractivity (Wildman–Crippen MR) is 95.1 cm³/mol. The number of H-pyrrole nitrogens is 1. The van der Waals surface area contributed by atoms with Gasteiger partial charge in [-0.05, 0) is 26.0 Å². The maximum Gasteiger partial charge on any atom is 0.240 e. The van der Waals surface area contributed by atoms with Crippen molar-refractivity contribution in [3.8, 4) is 0 Å². The quantitative estimate of drug-likeness (QED) is 0.741. The Bertz CT molecular complexity index is 855. The van der Waals surface area contributed by atoms with Crippen LogP contribution in [0.5, 0.6) is 0 Å². The largest absolute Gasteiger partial charge is 0.367 e. The molecule has 8 nitrogen and oxygen atoms in total. The summed E-state index contributed by atoms with van der Waals surface area (Å²) in [7, 11) is 0. The smallest absolute Gasteiger partial charge is 0.240 e. The number of piperazine rings is 1. The monoisotopic (exact) mass is 341 g/mol. The number of benzene rings is 1. The van der Waals surface area contributed by atoms with Crippen molar-refractivity contribution in [2.45, 2.75) is 25.9 Å². The van der Waals surface area contributed by atoms with Crippen LogP contribution in [0.4, 0.5) is 5.69 Å². The van der Waals surface area contributed by atoms with Crippen molar-refractivity contribution in [3.63, 3.8) is 0 Å². The number of anilines is 1. The SMILES string of the molecule is CC(C)(N)c1noc(CN2CCN(c3cccc4[nH]cnc34)CC2)n1. The van der Waals surface area contributed by atoms with Gasteiger partial charge in [0.2, 0.25) is 5.89 Å². The number of nitrogens with zero attached hydrogens (tertiary/aromatic N) is 5. The predicted octanol–water partition coefficient (Wildman–Crippen LogP) is 1.46. The maximum absolute atomic E-state index is 6.01. The first-order valence-corrected chi connectivity index (χ1v) is 8.52. The molecule has 0 bridgehead atoms. The van der Waals surface area contributed by atoms with E-state index < -0.39 is 5.54 Å². The third-order valence-electron chi connectivity index (χ3n) is 4.54. The lowest BCUT2D eigenvalue weighted by Gasteiger charge is -2.35. The fourth-order valence-corrected chi connectivity index (χ4v) is 3.12. The molecule has 3 N–H and O–H groups in total. The molecule has 1 saturated heterocycles. The second-order valence-electron chi connectivity index (χ2n) is 7.07. The van der Waals surface area contributed by atoms with Crippen LogP contribution >= 0.6 is 0 Å². The Labute approximate surface area is 146 Å². The standard InChI is InChI=1S/C17H23N7O/c1-17(2,18)16-21-14(25-22-16)10-23-6-8-24(9-7-23)13-5-3-4-12-15(13)20-11-19-12/h3-5,11H,6-10,18H2,1-2H3,(H,19,20). The zero-order chi connectivity index (χ0) is 17.4. The van der Waals surface area contributed by atoms with Crippen molar-refractivity contribution in [2.75, 3.05) is 31.1 Å². The first kappa shape index (κ1) is 16.0. The van der Waals surface area contributed by atoms with Gasteiger partial charge < -0.3 is 20.1 Å². The van der Waals surface area contributed by atoms with E-state index in [9.17, 15) is 0 Å². The van der Waals surface area contributed by atoms with E-state index in [4.69, 9.17) is 10.3 Å². The summed E-state index contributed by atoms with van der Waals surface area (Å²) < 4.78 is 5.34. The summed E-state index contributed by atoms with van der Waals surface area (Å²) >= 11 is 0. The third-order valence-corrected chi connectivity index (χ3v) is 4.54. The molecule has 0 aliphatic carbocycles. The summed E-state index contributed by atoms with van der Waals surface area (Å²) in [5, 5.41) is 3.98. The maximum atomic E-state index is 6.01. The fraction of sp³-hybridized carbons (Fsp3) is 0.471. The van der Waals surface area contributed by atoms with Gasteiger partial charge in [-0.1, -0.05) is 11.2 Å². The Balaban J connectivity index is 1.40. The minimum Gasteiger partial charge on any atom is -0.367 e. The zero-order valence-corrected chi connectivity index (χ0v) is 14.6. The highest BCUT2D eigenvalue weighted by Gasteiger charge is 2.24. The molecular formula is C17H23N7O. The van der Waals surface area contributed by atoms with Gasteiger partial charge in [-0.3, -0.25) is 4.90 Å². The van der Waals surface area contributed by atoms with Gasteiger partial charge in [-0.2, -0.15) is 4.98 Å². The minimum atomic E-state index is -0.581. The van der Waals surface area contributed by atoms with Gasteiger partial charge >= 0.3 is 0 Å². The van der Waals surface area contributed by atoms with Crippen molar-refractivity contribution in [3.05, 3.63) is 36.2 Å². The van der Waals surface area contributed by atoms with E-state index in [2.05, 4.69) is 42.0 Å². The first-order chi connectivity index (χ1) is 12.0. The lowest BCUT2D eigenvalue weighted by atomic mass is 10.1. The second kappa shape index (κ2) is 6.12. The molecule has 1 fully saturated rings. The summed E-state index contributed by atoms with van der Waals surface area (Å²) in [6.45, 7) is 8.15. The molecular weight excluding hydrogens is 318 g/mol. The topological polar surface area (TPSA) is 100 Å². The average molecular weight is 341 g/mol. The molecule has 0 spiro atoms. The zero-order valence-electron chi connectivity index (χ0n) is 14.6. The number of aromatic amines is 1. The van der Waals surface area contributed by atoms with Gasteiger partial charge in [0.05, 0.1) is 29.6 Å². The number of hydrogen-bond donors (Lipinski definition) is 2. The highest BCUT2D eigenvalue weighted by atomic mass is 16.5. The Morgan fingerprint density at radius 2 is 2.04 bits per heavy atom. The molecule has 8 heteroatoms. The van der Waals surface area contributed by atoms with Crippen molar-refractivity contribution in [1.29, 1.82) is 0 Å². The lowest BCUT2D eigenvalue weighted by Crippen LogP contribution is -2.46. The lowest BCUT2D eigenvalue weighted by molar-refractivity contribution is 0.215. The molecule has 3 aromatic rings. The molecule has 132 valence electrons. The summed E-state index contributed by atoms with van der Waals surface area (Å²) in [5.41, 5.74) is 8.71. The van der Waals surface area contributed by atoms with Gasteiger partial charge in [-0.25, -0.2) is 4.98 Å². The van der Waals surface area contributed by atoms with E-state index in [1.165, 1.54) is 5.69 Å². The minimum absolute atomic E-state index is 0.548. The molecule has 2 aromatic heterocycles. The molecule has 0 amide bonds. The van der Waals surface area contributed by atoms with Crippen LogP contribution in [0.1, 0.15) is 25.6 Å². The highest BCUT2D eigenvalue weighted by Crippen LogP contribution is 2.25. The van der Waals surface area contributed by atoms with E-state index >= 15 is 0 Å². The van der Waals surface area contributed by atoms with Crippen LogP contribution in [0, 0.1) is 0 Å². The van der Waals surface area contributed by atoms with Crippen LogP contribution in [0.15, 0.2) is 29.0 Å². The molecule has 1 aliphatic rings. The van der Waals surface area contributed by atoms with E-state index in [0.29, 0.717) is 18.3 Å². The van der Waals surface area contributed by atoms with Gasteiger partial charge in [0.25, 0.3) is 0 Å². The van der Waals surface area contributed by atoms with E-state index in [1.54, 1.807) is 6.33 Å². The van der Waals surface area contributed by atoms with E-state index in [0.717, 1.165) is 37.2 Å². The van der Waals surface area contributed by atoms with Gasteiger partial charge in [0.1, 0.15) is 5.52 Å². The Morgan fingerprint density at radius 1 is 1.24 bits per heavy atom. The number of para-hydroxylation sites is 1. The Morgan fingerprint density at radius 3 is 2.76 bits per heavy atom. The second-order valence-corrected chi connectivity index (χ2v) is 7.07. The molecule has 1 aliphatic heterocycles. The van der Waals surface area contributed by atoms with Crippen LogP contribution in [-0.2, 0) is 12.1 Å². The third kappa shape index (κ3) is 3.22. The van der Waals surface area contributed by atoms with E-state index in [-0.39, 0.29) is 0 Å². The van der Waals surface area contributed by atoms with Crippen molar-refractivity contribution in [1.82, 2.24) is 25.0 Å². The summed E-state index contributed by atoms with van der Waals surface area (Å²) in [5.74, 6) is 1.17. The normalized spacial score (nSPS) is 16.7. The molecule has 0 unspecified atom stereocenters. The fourth-order valence-electron chi connectivity index (χ4n) is 3.12. The number of nitrogens with one attached hydrogen (secondary N) is 1. The van der Waals surface area contributed by atoms with Gasteiger partial charge in [0, 0.05) is 26.2 Å². The van der Waals surface area contributed by atoms with E-state index in [1.807, 2.05) is 19.9 Å².